The molecular weight excluding hydrogens is 340 g/mol. The van der Waals surface area contributed by atoms with Gasteiger partial charge in [0.2, 0.25) is 0 Å². The third-order valence-corrected chi connectivity index (χ3v) is 6.70. The first kappa shape index (κ1) is 22.7. The third-order valence-electron chi connectivity index (χ3n) is 5.08. The summed E-state index contributed by atoms with van der Waals surface area (Å²) in [5, 5.41) is 39.2. The third kappa shape index (κ3) is 9.27. The van der Waals surface area contributed by atoms with Crippen LogP contribution in [0.25, 0.3) is 0 Å². The SMILES string of the molecule is CCCCCC(O)CS[C@H]1C(O)CC(O)[C@@H]1CCCCCCC(=O)O. The molecule has 0 radical (unpaired) electrons. The first-order chi connectivity index (χ1) is 12.0. The second kappa shape index (κ2) is 13.0. The predicted molar refractivity (Wildman–Crippen MR) is 102 cm³/mol. The summed E-state index contributed by atoms with van der Waals surface area (Å²) in [6, 6.07) is 0. The largest absolute Gasteiger partial charge is 0.481 e. The van der Waals surface area contributed by atoms with E-state index < -0.39 is 18.2 Å². The van der Waals surface area contributed by atoms with Gasteiger partial charge in [0.05, 0.1) is 18.3 Å². The topological polar surface area (TPSA) is 98.0 Å². The molecule has 1 saturated carbocycles. The molecule has 5 nitrogen and oxygen atoms in total. The zero-order chi connectivity index (χ0) is 18.7. The number of rotatable bonds is 14. The Labute approximate surface area is 156 Å². The smallest absolute Gasteiger partial charge is 0.303 e. The van der Waals surface area contributed by atoms with Crippen molar-refractivity contribution in [1.29, 1.82) is 0 Å². The van der Waals surface area contributed by atoms with Gasteiger partial charge in [0.25, 0.3) is 0 Å². The Morgan fingerprint density at radius 1 is 1.08 bits per heavy atom. The van der Waals surface area contributed by atoms with E-state index in [2.05, 4.69) is 6.92 Å². The van der Waals surface area contributed by atoms with E-state index in [0.29, 0.717) is 18.6 Å². The zero-order valence-electron chi connectivity index (χ0n) is 15.5. The van der Waals surface area contributed by atoms with Gasteiger partial charge in [0, 0.05) is 23.8 Å². The van der Waals surface area contributed by atoms with Crippen molar-refractivity contribution in [2.75, 3.05) is 5.75 Å². The van der Waals surface area contributed by atoms with Crippen LogP contribution in [0.1, 0.15) is 77.6 Å². The molecule has 0 aliphatic heterocycles. The minimum absolute atomic E-state index is 0.00477. The van der Waals surface area contributed by atoms with Crippen LogP contribution in [0.4, 0.5) is 0 Å². The number of thioether (sulfide) groups is 1. The van der Waals surface area contributed by atoms with Crippen LogP contribution in [0.2, 0.25) is 0 Å². The van der Waals surface area contributed by atoms with E-state index in [-0.39, 0.29) is 23.7 Å². The molecule has 0 aromatic carbocycles. The van der Waals surface area contributed by atoms with Gasteiger partial charge in [0.1, 0.15) is 0 Å². The number of carboxylic acids is 1. The highest BCUT2D eigenvalue weighted by Crippen LogP contribution is 2.39. The number of carboxylic acid groups (broad SMARTS) is 1. The number of hydrogen-bond donors (Lipinski definition) is 4. The molecule has 1 aliphatic carbocycles. The van der Waals surface area contributed by atoms with Gasteiger partial charge in [-0.1, -0.05) is 45.4 Å². The van der Waals surface area contributed by atoms with Crippen molar-refractivity contribution < 1.29 is 25.2 Å². The zero-order valence-corrected chi connectivity index (χ0v) is 16.3. The van der Waals surface area contributed by atoms with Crippen LogP contribution < -0.4 is 0 Å². The lowest BCUT2D eigenvalue weighted by Gasteiger charge is -2.24. The summed E-state index contributed by atoms with van der Waals surface area (Å²) >= 11 is 1.60. The minimum Gasteiger partial charge on any atom is -0.481 e. The molecule has 6 heteroatoms. The quantitative estimate of drug-likeness (QED) is 0.348. The van der Waals surface area contributed by atoms with Crippen molar-refractivity contribution >= 4 is 17.7 Å². The Morgan fingerprint density at radius 3 is 2.48 bits per heavy atom. The average Bonchev–Trinajstić information content (AvgIpc) is 2.82. The van der Waals surface area contributed by atoms with E-state index in [4.69, 9.17) is 5.11 Å². The van der Waals surface area contributed by atoms with Crippen LogP contribution in [-0.4, -0.2) is 55.7 Å². The molecule has 25 heavy (non-hydrogen) atoms. The number of aliphatic carboxylic acids is 1. The first-order valence-corrected chi connectivity index (χ1v) is 10.9. The highest BCUT2D eigenvalue weighted by atomic mass is 32.2. The van der Waals surface area contributed by atoms with Crippen molar-refractivity contribution in [3.63, 3.8) is 0 Å². The minimum atomic E-state index is -0.747. The Bertz CT molecular complexity index is 366. The van der Waals surface area contributed by atoms with E-state index in [1.165, 1.54) is 0 Å². The molecule has 0 bridgehead atoms. The fraction of sp³-hybridized carbons (Fsp3) is 0.947. The van der Waals surface area contributed by atoms with Gasteiger partial charge < -0.3 is 20.4 Å². The van der Waals surface area contributed by atoms with Gasteiger partial charge in [-0.3, -0.25) is 4.79 Å². The molecule has 4 N–H and O–H groups in total. The Kier molecular flexibility index (Phi) is 11.8. The number of aliphatic hydroxyl groups is 3. The van der Waals surface area contributed by atoms with Gasteiger partial charge in [-0.2, -0.15) is 11.8 Å². The average molecular weight is 377 g/mol. The van der Waals surface area contributed by atoms with Crippen LogP contribution in [-0.2, 0) is 4.79 Å². The molecule has 0 aromatic heterocycles. The molecule has 0 aromatic rings. The Morgan fingerprint density at radius 2 is 1.80 bits per heavy atom. The van der Waals surface area contributed by atoms with Gasteiger partial charge >= 0.3 is 5.97 Å². The lowest BCUT2D eigenvalue weighted by molar-refractivity contribution is -0.137. The van der Waals surface area contributed by atoms with E-state index in [1.54, 1.807) is 11.8 Å². The maximum Gasteiger partial charge on any atom is 0.303 e. The van der Waals surface area contributed by atoms with E-state index in [9.17, 15) is 20.1 Å². The molecule has 1 fully saturated rings. The van der Waals surface area contributed by atoms with Crippen LogP contribution >= 0.6 is 11.8 Å². The molecule has 0 spiro atoms. The van der Waals surface area contributed by atoms with E-state index in [1.807, 2.05) is 0 Å². The molecule has 0 amide bonds. The van der Waals surface area contributed by atoms with Gasteiger partial charge in [-0.15, -0.1) is 0 Å². The Balaban J connectivity index is 2.28. The van der Waals surface area contributed by atoms with Crippen molar-refractivity contribution in [2.24, 2.45) is 5.92 Å². The second-order valence-electron chi connectivity index (χ2n) is 7.33. The number of hydrogen-bond acceptors (Lipinski definition) is 5. The maximum atomic E-state index is 10.5. The van der Waals surface area contributed by atoms with Crippen molar-refractivity contribution in [2.45, 2.75) is 101 Å². The van der Waals surface area contributed by atoms with Gasteiger partial charge in [0.15, 0.2) is 0 Å². The first-order valence-electron chi connectivity index (χ1n) is 9.83. The molecule has 1 rings (SSSR count). The fourth-order valence-corrected chi connectivity index (χ4v) is 5.11. The lowest BCUT2D eigenvalue weighted by Crippen LogP contribution is -2.27. The lowest BCUT2D eigenvalue weighted by atomic mass is 9.97. The highest BCUT2D eigenvalue weighted by molar-refractivity contribution is 8.00. The summed E-state index contributed by atoms with van der Waals surface area (Å²) in [5.74, 6) is -0.0570. The van der Waals surface area contributed by atoms with Crippen LogP contribution in [0, 0.1) is 5.92 Å². The standard InChI is InChI=1S/C19H36O5S/c1-2-3-6-9-14(20)13-25-19-15(16(21)12-17(19)22)10-7-4-5-8-11-18(23)24/h14-17,19-22H,2-13H2,1H3,(H,23,24)/t14?,15-,16?,17?,19+/m0/s1. The summed E-state index contributed by atoms with van der Waals surface area (Å²) < 4.78 is 0. The monoisotopic (exact) mass is 376 g/mol. The molecular formula is C19H36O5S. The van der Waals surface area contributed by atoms with Crippen LogP contribution in [0.3, 0.4) is 0 Å². The summed E-state index contributed by atoms with van der Waals surface area (Å²) in [7, 11) is 0. The summed E-state index contributed by atoms with van der Waals surface area (Å²) in [6.07, 6.45) is 7.82. The fourth-order valence-electron chi connectivity index (χ4n) is 3.60. The van der Waals surface area contributed by atoms with Gasteiger partial charge in [-0.25, -0.2) is 0 Å². The highest BCUT2D eigenvalue weighted by Gasteiger charge is 2.41. The van der Waals surface area contributed by atoms with E-state index >= 15 is 0 Å². The van der Waals surface area contributed by atoms with Gasteiger partial charge in [-0.05, 0) is 25.2 Å². The summed E-state index contributed by atoms with van der Waals surface area (Å²) in [6.45, 7) is 2.14. The van der Waals surface area contributed by atoms with E-state index in [0.717, 1.165) is 51.4 Å². The number of carbonyl (C=O) groups is 1. The number of unbranched alkanes of at least 4 members (excludes halogenated alkanes) is 5. The molecule has 3 unspecified atom stereocenters. The molecule has 0 saturated heterocycles. The van der Waals surface area contributed by atoms with Crippen molar-refractivity contribution in [3.05, 3.63) is 0 Å². The Hall–Kier alpha value is -0.300. The summed E-state index contributed by atoms with van der Waals surface area (Å²) in [4.78, 5) is 10.5. The maximum absolute atomic E-state index is 10.5. The predicted octanol–water partition coefficient (Wildman–Crippen LogP) is 3.20. The molecule has 148 valence electrons. The normalized spacial score (nSPS) is 27.5. The molecule has 1 aliphatic rings. The second-order valence-corrected chi connectivity index (χ2v) is 8.54. The molecule has 5 atom stereocenters. The molecule has 0 heterocycles. The van der Waals surface area contributed by atoms with Crippen LogP contribution in [0.5, 0.6) is 0 Å². The van der Waals surface area contributed by atoms with Crippen LogP contribution in [0.15, 0.2) is 0 Å². The summed E-state index contributed by atoms with van der Waals surface area (Å²) in [5.41, 5.74) is 0. The van der Waals surface area contributed by atoms with Crippen molar-refractivity contribution in [3.8, 4) is 0 Å². The van der Waals surface area contributed by atoms with Crippen molar-refractivity contribution in [1.82, 2.24) is 0 Å². The number of aliphatic hydroxyl groups excluding tert-OH is 3.